The molecule has 2 aromatic rings. The number of rotatable bonds is 7. The average Bonchev–Trinajstić information content (AvgIpc) is 2.86. The van der Waals surface area contributed by atoms with Crippen molar-refractivity contribution >= 4 is 17.6 Å². The van der Waals surface area contributed by atoms with Crippen LogP contribution < -0.4 is 14.7 Å². The number of aryl methyl sites for hydroxylation is 1. The highest BCUT2D eigenvalue weighted by Gasteiger charge is 2.21. The van der Waals surface area contributed by atoms with Crippen LogP contribution in [0.4, 0.5) is 5.69 Å². The number of carbonyl (C=O) groups excluding carboxylic acids is 1. The first kappa shape index (κ1) is 17.3. The van der Waals surface area contributed by atoms with Crippen molar-refractivity contribution in [2.45, 2.75) is 6.54 Å². The van der Waals surface area contributed by atoms with E-state index in [1.807, 2.05) is 0 Å². The number of nitrogens with zero attached hydrogens (tertiary/aromatic N) is 4. The van der Waals surface area contributed by atoms with Crippen molar-refractivity contribution in [3.8, 4) is 5.95 Å². The molecule has 1 amide bonds. The average molecular weight is 334 g/mol. The maximum absolute atomic E-state index is 12.4. The lowest BCUT2D eigenvalue weighted by Gasteiger charge is -2.25. The number of hydrogen-bond acceptors (Lipinski definition) is 6. The van der Waals surface area contributed by atoms with E-state index in [1.165, 1.54) is 21.5 Å². The van der Waals surface area contributed by atoms with Crippen LogP contribution in [0.15, 0.2) is 34.9 Å². The molecular weight excluding hydrogens is 316 g/mol. The maximum Gasteiger partial charge on any atom is 0.323 e. The van der Waals surface area contributed by atoms with Gasteiger partial charge in [0.1, 0.15) is 13.1 Å². The number of carboxylic acid groups (broad SMARTS) is 1. The van der Waals surface area contributed by atoms with E-state index in [0.717, 1.165) is 0 Å². The molecule has 0 fully saturated rings. The number of amides is 1. The Morgan fingerprint density at radius 3 is 2.50 bits per heavy atom. The number of aliphatic carboxylic acids is 1. The zero-order chi connectivity index (χ0) is 17.7. The molecule has 1 N–H and O–H groups in total. The topological polar surface area (TPSA) is 114 Å². The van der Waals surface area contributed by atoms with E-state index < -0.39 is 11.9 Å². The molecule has 0 aliphatic carbocycles. The Labute approximate surface area is 138 Å². The Balaban J connectivity index is 2.08. The fraction of sp³-hybridized carbons (Fsp3) is 0.333. The molecule has 0 saturated carbocycles. The normalized spacial score (nSPS) is 10.4. The van der Waals surface area contributed by atoms with Gasteiger partial charge >= 0.3 is 5.97 Å². The van der Waals surface area contributed by atoms with Crippen LogP contribution in [0.2, 0.25) is 0 Å². The van der Waals surface area contributed by atoms with Gasteiger partial charge in [-0.1, -0.05) is 22.9 Å². The third-order valence-electron chi connectivity index (χ3n) is 3.46. The van der Waals surface area contributed by atoms with Gasteiger partial charge in [0.25, 0.3) is 5.69 Å². The molecule has 9 nitrogen and oxygen atoms in total. The highest BCUT2D eigenvalue weighted by atomic mass is 16.6. The summed E-state index contributed by atoms with van der Waals surface area (Å²) in [5.41, 5.74) is 0.858. The summed E-state index contributed by atoms with van der Waals surface area (Å²) in [6.07, 6.45) is 0. The molecular formula is C15H18N4O5. The number of anilines is 1. The summed E-state index contributed by atoms with van der Waals surface area (Å²) in [7, 11) is 3.07. The van der Waals surface area contributed by atoms with Gasteiger partial charge in [0.05, 0.1) is 11.8 Å². The summed E-state index contributed by atoms with van der Waals surface area (Å²) in [6.45, 7) is -0.416. The molecule has 0 unspecified atom stereocenters. The fourth-order valence-corrected chi connectivity index (χ4v) is 2.14. The first-order valence-corrected chi connectivity index (χ1v) is 7.16. The number of hydrogen-bond donors (Lipinski definition) is 1. The first-order valence-electron chi connectivity index (χ1n) is 7.16. The lowest BCUT2D eigenvalue weighted by atomic mass is 10.2. The van der Waals surface area contributed by atoms with Crippen LogP contribution in [0.1, 0.15) is 5.69 Å². The van der Waals surface area contributed by atoms with E-state index in [-0.39, 0.29) is 31.2 Å². The minimum atomic E-state index is -1.04. The van der Waals surface area contributed by atoms with E-state index in [9.17, 15) is 14.7 Å². The summed E-state index contributed by atoms with van der Waals surface area (Å²) in [4.78, 5) is 26.2. The molecule has 0 radical (unpaired) electrons. The van der Waals surface area contributed by atoms with Crippen molar-refractivity contribution in [2.75, 3.05) is 25.0 Å². The molecule has 24 heavy (non-hydrogen) atoms. The minimum absolute atomic E-state index is 0.0212. The highest BCUT2D eigenvalue weighted by Crippen LogP contribution is 2.14. The van der Waals surface area contributed by atoms with Crippen LogP contribution >= 0.6 is 0 Å². The summed E-state index contributed by atoms with van der Waals surface area (Å²) in [6, 6.07) is 8.79. The Bertz CT molecular complexity index is 696. The summed E-state index contributed by atoms with van der Waals surface area (Å²) < 4.78 is 5.77. The monoisotopic (exact) mass is 334 g/mol. The van der Waals surface area contributed by atoms with Crippen LogP contribution in [0.25, 0.3) is 0 Å². The van der Waals surface area contributed by atoms with Crippen LogP contribution in [-0.2, 0) is 23.2 Å². The number of carbonyl (C=O) groups is 2. The van der Waals surface area contributed by atoms with E-state index >= 15 is 0 Å². The smallest absolute Gasteiger partial charge is 0.323 e. The largest absolute Gasteiger partial charge is 0.539 e. The SMILES string of the molecule is CN(Cc1c([O-])on[n+]1C)C(=O)CN(CC(=O)O)c1ccccc1. The molecule has 0 aliphatic rings. The van der Waals surface area contributed by atoms with Gasteiger partial charge in [0.2, 0.25) is 5.91 Å². The maximum atomic E-state index is 12.4. The van der Waals surface area contributed by atoms with Crippen molar-refractivity contribution in [3.63, 3.8) is 0 Å². The molecule has 128 valence electrons. The third kappa shape index (κ3) is 4.22. The first-order chi connectivity index (χ1) is 11.4. The van der Waals surface area contributed by atoms with Crippen molar-refractivity contribution < 1.29 is 29.0 Å². The van der Waals surface area contributed by atoms with Gasteiger partial charge in [-0.2, -0.15) is 0 Å². The molecule has 1 aromatic carbocycles. The van der Waals surface area contributed by atoms with Crippen LogP contribution in [0.3, 0.4) is 0 Å². The molecule has 0 spiro atoms. The van der Waals surface area contributed by atoms with E-state index in [1.54, 1.807) is 37.4 Å². The molecule has 0 atom stereocenters. The Morgan fingerprint density at radius 2 is 1.96 bits per heavy atom. The molecule has 1 heterocycles. The van der Waals surface area contributed by atoms with Gasteiger partial charge in [-0.25, -0.2) is 0 Å². The van der Waals surface area contributed by atoms with Gasteiger partial charge in [0.15, 0.2) is 13.0 Å². The van der Waals surface area contributed by atoms with Gasteiger partial charge in [-0.3, -0.25) is 9.59 Å². The standard InChI is InChI=1S/C15H18N4O5/c1-17(8-12-15(23)24-16-18(12)2)13(20)9-19(10-14(21)22)11-6-4-3-5-7-11/h3-7H,8-10H2,1-2H3,(H-,16,21,22,23). The Kier molecular flexibility index (Phi) is 5.35. The van der Waals surface area contributed by atoms with Gasteiger partial charge in [-0.15, -0.1) is 0 Å². The summed E-state index contributed by atoms with van der Waals surface area (Å²) in [5.74, 6) is -1.98. The zero-order valence-corrected chi connectivity index (χ0v) is 13.4. The van der Waals surface area contributed by atoms with Crippen LogP contribution in [0, 0.1) is 0 Å². The second kappa shape index (κ2) is 7.44. The molecule has 9 heteroatoms. The van der Waals surface area contributed by atoms with Gasteiger partial charge < -0.3 is 24.5 Å². The molecule has 0 aliphatic heterocycles. The summed E-state index contributed by atoms with van der Waals surface area (Å²) in [5, 5.41) is 24.0. The number of carboxylic acids is 1. The molecule has 2 rings (SSSR count). The van der Waals surface area contributed by atoms with E-state index in [4.69, 9.17) is 5.11 Å². The fourth-order valence-electron chi connectivity index (χ4n) is 2.14. The quantitative estimate of drug-likeness (QED) is 0.654. The van der Waals surface area contributed by atoms with Crippen LogP contribution in [0.5, 0.6) is 5.95 Å². The van der Waals surface area contributed by atoms with Crippen molar-refractivity contribution in [1.29, 1.82) is 0 Å². The van der Waals surface area contributed by atoms with Crippen molar-refractivity contribution in [1.82, 2.24) is 10.2 Å². The van der Waals surface area contributed by atoms with E-state index in [0.29, 0.717) is 5.69 Å². The Morgan fingerprint density at radius 1 is 1.29 bits per heavy atom. The molecule has 0 bridgehead atoms. The second-order valence-corrected chi connectivity index (χ2v) is 5.27. The number of benzene rings is 1. The van der Waals surface area contributed by atoms with Gasteiger partial charge in [0, 0.05) is 12.7 Å². The predicted octanol–water partition coefficient (Wildman–Crippen LogP) is -0.878. The number of aromatic nitrogens is 2. The summed E-state index contributed by atoms with van der Waals surface area (Å²) >= 11 is 0. The highest BCUT2D eigenvalue weighted by molar-refractivity contribution is 5.83. The third-order valence-corrected chi connectivity index (χ3v) is 3.46. The number of para-hydroxylation sites is 1. The van der Waals surface area contributed by atoms with E-state index in [2.05, 4.69) is 9.79 Å². The molecule has 1 aromatic heterocycles. The second-order valence-electron chi connectivity index (χ2n) is 5.27. The Hall–Kier alpha value is -3.10. The van der Waals surface area contributed by atoms with Crippen molar-refractivity contribution in [3.05, 3.63) is 36.0 Å². The molecule has 0 saturated heterocycles. The van der Waals surface area contributed by atoms with Crippen molar-refractivity contribution in [2.24, 2.45) is 7.05 Å². The van der Waals surface area contributed by atoms with Gasteiger partial charge in [-0.05, 0) is 12.1 Å². The lowest BCUT2D eigenvalue weighted by Crippen LogP contribution is -2.43. The number of likely N-dealkylation sites (N-methyl/N-ethyl adjacent to an activating group) is 1. The predicted molar refractivity (Wildman–Crippen MR) is 79.9 cm³/mol. The minimum Gasteiger partial charge on any atom is -0.539 e. The zero-order valence-electron chi connectivity index (χ0n) is 13.4. The van der Waals surface area contributed by atoms with Crippen LogP contribution in [-0.4, -0.2) is 47.3 Å². The lowest BCUT2D eigenvalue weighted by molar-refractivity contribution is -0.746.